The molecule has 0 spiro atoms. The molecule has 7 nitrogen and oxygen atoms in total. The number of ether oxygens (including phenoxy) is 2. The van der Waals surface area contributed by atoms with Gasteiger partial charge in [-0.1, -0.05) is 36.4 Å². The van der Waals surface area contributed by atoms with Crippen LogP contribution in [-0.4, -0.2) is 43.3 Å². The number of aliphatic imine (C=N–C) groups is 1. The van der Waals surface area contributed by atoms with Crippen LogP contribution in [0.25, 0.3) is 0 Å². The highest BCUT2D eigenvalue weighted by atomic mass is 16.5. The van der Waals surface area contributed by atoms with E-state index >= 15 is 0 Å². The second-order valence-corrected chi connectivity index (χ2v) is 6.79. The van der Waals surface area contributed by atoms with E-state index in [0.29, 0.717) is 41.6 Å². The van der Waals surface area contributed by atoms with Gasteiger partial charge in [0.1, 0.15) is 12.4 Å². The van der Waals surface area contributed by atoms with Gasteiger partial charge in [-0.2, -0.15) is 0 Å². The van der Waals surface area contributed by atoms with E-state index in [2.05, 4.69) is 9.98 Å². The summed E-state index contributed by atoms with van der Waals surface area (Å²) in [7, 11) is 1.58. The number of rotatable bonds is 7. The van der Waals surface area contributed by atoms with Gasteiger partial charge in [-0.15, -0.1) is 0 Å². The third kappa shape index (κ3) is 4.16. The summed E-state index contributed by atoms with van der Waals surface area (Å²) in [6.45, 7) is 0.670. The highest BCUT2D eigenvalue weighted by Crippen LogP contribution is 2.31. The first kappa shape index (κ1) is 20.3. The average molecular weight is 415 g/mol. The highest BCUT2D eigenvalue weighted by Gasteiger charge is 2.39. The van der Waals surface area contributed by atoms with Crippen molar-refractivity contribution in [2.45, 2.75) is 5.92 Å². The van der Waals surface area contributed by atoms with Crippen molar-refractivity contribution in [1.29, 1.82) is 0 Å². The molecule has 0 N–H and O–H groups in total. The smallest absolute Gasteiger partial charge is 0.266 e. The van der Waals surface area contributed by atoms with Gasteiger partial charge in [0.05, 0.1) is 19.6 Å². The van der Waals surface area contributed by atoms with Gasteiger partial charge in [0.15, 0.2) is 11.5 Å². The van der Waals surface area contributed by atoms with E-state index in [-0.39, 0.29) is 11.8 Å². The molecule has 2 heterocycles. The van der Waals surface area contributed by atoms with E-state index in [1.165, 1.54) is 0 Å². The van der Waals surface area contributed by atoms with Gasteiger partial charge in [-0.05, 0) is 35.9 Å². The molecule has 31 heavy (non-hydrogen) atoms. The molecule has 1 unspecified atom stereocenters. The molecule has 2 aromatic carbocycles. The number of para-hydroxylation sites is 2. The molecule has 0 aliphatic carbocycles. The number of anilines is 1. The van der Waals surface area contributed by atoms with E-state index in [1.807, 2.05) is 24.3 Å². The summed E-state index contributed by atoms with van der Waals surface area (Å²) in [4.78, 5) is 35.8. The summed E-state index contributed by atoms with van der Waals surface area (Å²) < 4.78 is 11.0. The lowest BCUT2D eigenvalue weighted by molar-refractivity contribution is -0.118. The zero-order valence-corrected chi connectivity index (χ0v) is 17.0. The van der Waals surface area contributed by atoms with Crippen molar-refractivity contribution in [3.05, 3.63) is 84.1 Å². The number of methoxy groups -OCH3 is 1. The van der Waals surface area contributed by atoms with E-state index < -0.39 is 5.92 Å². The quantitative estimate of drug-likeness (QED) is 0.335. The summed E-state index contributed by atoms with van der Waals surface area (Å²) in [5.74, 6) is 0.130. The number of carbonyl (C=O) groups excluding carboxylic acids is 2. The largest absolute Gasteiger partial charge is 0.493 e. The van der Waals surface area contributed by atoms with Gasteiger partial charge < -0.3 is 9.47 Å². The lowest BCUT2D eigenvalue weighted by Crippen LogP contribution is -2.46. The Kier molecular flexibility index (Phi) is 6.03. The number of amides is 2. The fourth-order valence-corrected chi connectivity index (χ4v) is 3.43. The molecule has 3 aromatic rings. The Morgan fingerprint density at radius 3 is 2.52 bits per heavy atom. The second-order valence-electron chi connectivity index (χ2n) is 6.79. The van der Waals surface area contributed by atoms with E-state index in [0.717, 1.165) is 4.90 Å². The number of imide groups is 1. The van der Waals surface area contributed by atoms with Crippen molar-refractivity contribution in [2.24, 2.45) is 4.99 Å². The van der Waals surface area contributed by atoms with Crippen molar-refractivity contribution in [1.82, 2.24) is 4.98 Å². The fourth-order valence-electron chi connectivity index (χ4n) is 3.43. The van der Waals surface area contributed by atoms with Crippen molar-refractivity contribution < 1.29 is 19.1 Å². The Labute approximate surface area is 180 Å². The minimum Gasteiger partial charge on any atom is -0.493 e. The first-order chi connectivity index (χ1) is 15.2. The van der Waals surface area contributed by atoms with Crippen LogP contribution in [0.5, 0.6) is 11.5 Å². The maximum atomic E-state index is 13.2. The summed E-state index contributed by atoms with van der Waals surface area (Å²) in [5, 5.41) is 0. The van der Waals surface area contributed by atoms with Gasteiger partial charge in [-0.3, -0.25) is 14.6 Å². The zero-order chi connectivity index (χ0) is 21.6. The molecule has 2 amide bonds. The standard InChI is InChI=1S/C24H21N3O4/c1-30-20-10-4-5-11-21(20)31-15-14-25-16-19-17-8-2-3-9-18(17)23(28)27(24(19)29)22-12-6-7-13-26-22/h2-13,16,19H,14-15H2,1H3. The summed E-state index contributed by atoms with van der Waals surface area (Å²) in [6, 6.07) is 19.6. The molecule has 0 radical (unpaired) electrons. The van der Waals surface area contributed by atoms with Crippen LogP contribution in [0.4, 0.5) is 5.82 Å². The molecule has 0 saturated carbocycles. The van der Waals surface area contributed by atoms with Crippen molar-refractivity contribution in [3.63, 3.8) is 0 Å². The monoisotopic (exact) mass is 415 g/mol. The summed E-state index contributed by atoms with van der Waals surface area (Å²) in [6.07, 6.45) is 3.13. The second kappa shape index (κ2) is 9.21. The third-order valence-electron chi connectivity index (χ3n) is 4.90. The molecule has 0 saturated heterocycles. The van der Waals surface area contributed by atoms with Crippen molar-refractivity contribution in [3.8, 4) is 11.5 Å². The van der Waals surface area contributed by atoms with Crippen LogP contribution >= 0.6 is 0 Å². The highest BCUT2D eigenvalue weighted by molar-refractivity contribution is 6.28. The minimum absolute atomic E-state index is 0.296. The van der Waals surface area contributed by atoms with Crippen LogP contribution in [0.1, 0.15) is 21.8 Å². The van der Waals surface area contributed by atoms with E-state index in [1.54, 1.807) is 62.0 Å². The lowest BCUT2D eigenvalue weighted by atomic mass is 9.89. The first-order valence-electron chi connectivity index (χ1n) is 9.84. The molecule has 7 heteroatoms. The number of hydrogen-bond donors (Lipinski definition) is 0. The SMILES string of the molecule is COc1ccccc1OCCN=CC1C(=O)N(c2ccccn2)C(=O)c2ccccc21. The predicted molar refractivity (Wildman–Crippen MR) is 117 cm³/mol. The van der Waals surface area contributed by atoms with Crippen molar-refractivity contribution >= 4 is 23.8 Å². The van der Waals surface area contributed by atoms with Crippen molar-refractivity contribution in [2.75, 3.05) is 25.2 Å². The van der Waals surface area contributed by atoms with Crippen LogP contribution in [0.3, 0.4) is 0 Å². The van der Waals surface area contributed by atoms with E-state index in [9.17, 15) is 9.59 Å². The predicted octanol–water partition coefficient (Wildman–Crippen LogP) is 3.51. The van der Waals surface area contributed by atoms with Crippen LogP contribution in [-0.2, 0) is 4.79 Å². The number of nitrogens with zero attached hydrogens (tertiary/aromatic N) is 3. The van der Waals surface area contributed by atoms with Crippen LogP contribution < -0.4 is 14.4 Å². The maximum absolute atomic E-state index is 13.2. The van der Waals surface area contributed by atoms with Gasteiger partial charge in [0.2, 0.25) is 5.91 Å². The van der Waals surface area contributed by atoms with Crippen LogP contribution in [0, 0.1) is 0 Å². The summed E-state index contributed by atoms with van der Waals surface area (Å²) in [5.41, 5.74) is 1.11. The average Bonchev–Trinajstić information content (AvgIpc) is 2.82. The zero-order valence-electron chi connectivity index (χ0n) is 17.0. The molecule has 4 rings (SSSR count). The molecule has 1 aliphatic rings. The number of benzene rings is 2. The Hall–Kier alpha value is -4.00. The summed E-state index contributed by atoms with van der Waals surface area (Å²) >= 11 is 0. The number of pyridine rings is 1. The Morgan fingerprint density at radius 1 is 1.00 bits per heavy atom. The van der Waals surface area contributed by atoms with Gasteiger partial charge >= 0.3 is 0 Å². The minimum atomic E-state index is -0.679. The van der Waals surface area contributed by atoms with Gasteiger partial charge in [-0.25, -0.2) is 9.88 Å². The Bertz CT molecular complexity index is 1110. The molecule has 1 atom stereocenters. The third-order valence-corrected chi connectivity index (χ3v) is 4.90. The van der Waals surface area contributed by atoms with E-state index in [4.69, 9.17) is 9.47 Å². The maximum Gasteiger partial charge on any atom is 0.266 e. The fraction of sp³-hybridized carbons (Fsp3) is 0.167. The number of carbonyl (C=O) groups is 2. The molecule has 1 aromatic heterocycles. The number of aromatic nitrogens is 1. The Balaban J connectivity index is 1.52. The molecule has 0 fully saturated rings. The lowest BCUT2D eigenvalue weighted by Gasteiger charge is -2.30. The van der Waals surface area contributed by atoms with Gasteiger partial charge in [0, 0.05) is 18.0 Å². The molecular formula is C24H21N3O4. The normalized spacial score (nSPS) is 15.8. The topological polar surface area (TPSA) is 81.1 Å². The molecular weight excluding hydrogens is 394 g/mol. The molecule has 1 aliphatic heterocycles. The number of fused-ring (bicyclic) bond motifs is 1. The molecule has 0 bridgehead atoms. The Morgan fingerprint density at radius 2 is 1.74 bits per heavy atom. The first-order valence-corrected chi connectivity index (χ1v) is 9.84. The van der Waals surface area contributed by atoms with Gasteiger partial charge in [0.25, 0.3) is 5.91 Å². The van der Waals surface area contributed by atoms with Crippen LogP contribution in [0.15, 0.2) is 77.9 Å². The van der Waals surface area contributed by atoms with Crippen LogP contribution in [0.2, 0.25) is 0 Å². The molecule has 156 valence electrons. The number of hydrogen-bond acceptors (Lipinski definition) is 6.